The minimum atomic E-state index is -9.34. The van der Waals surface area contributed by atoms with E-state index in [1.807, 2.05) is 0 Å². The number of carboxylic acid groups (broad SMARTS) is 1. The molecular formula is C21H22F21NO6Si. The minimum absolute atomic E-state index is 0.768. The number of alkyl halides is 21. The quantitative estimate of drug-likeness (QED) is 0.0824. The Morgan fingerprint density at radius 3 is 1.16 bits per heavy atom. The molecule has 0 saturated heterocycles. The predicted octanol–water partition coefficient (Wildman–Crippen LogP) is 7.58. The first kappa shape index (κ1) is 47.6. The van der Waals surface area contributed by atoms with Crippen LogP contribution in [0.25, 0.3) is 0 Å². The average Bonchev–Trinajstić information content (AvgIpc) is 2.95. The second kappa shape index (κ2) is 14.5. The molecule has 0 fully saturated rings. The van der Waals surface area contributed by atoms with Crippen LogP contribution >= 0.6 is 0 Å². The fourth-order valence-electron chi connectivity index (χ4n) is 3.86. The van der Waals surface area contributed by atoms with Crippen molar-refractivity contribution in [2.45, 2.75) is 91.3 Å². The monoisotopic (exact) mass is 811 g/mol. The maximum absolute atomic E-state index is 15.7. The second-order valence-corrected chi connectivity index (χ2v) is 12.9. The van der Waals surface area contributed by atoms with E-state index in [-0.39, 0.29) is 0 Å². The number of carbonyl (C=O) groups is 2. The molecule has 0 spiro atoms. The molecule has 0 saturated carbocycles. The maximum atomic E-state index is 15.7. The summed E-state index contributed by atoms with van der Waals surface area (Å²) in [5, 5.41) is 8.57. The van der Waals surface area contributed by atoms with Gasteiger partial charge in [0.1, 0.15) is 0 Å². The summed E-state index contributed by atoms with van der Waals surface area (Å²) in [6, 6.07) is -1.02. The van der Waals surface area contributed by atoms with Gasteiger partial charge in [0.05, 0.1) is 0 Å². The van der Waals surface area contributed by atoms with Crippen molar-refractivity contribution in [2.24, 2.45) is 0 Å². The van der Waals surface area contributed by atoms with E-state index in [4.69, 9.17) is 18.4 Å². The van der Waals surface area contributed by atoms with E-state index in [2.05, 4.69) is 0 Å². The lowest BCUT2D eigenvalue weighted by Gasteiger charge is -2.48. The van der Waals surface area contributed by atoms with E-state index in [1.165, 1.54) is 0 Å². The average molecular weight is 811 g/mol. The van der Waals surface area contributed by atoms with Gasteiger partial charge in [-0.3, -0.25) is 14.5 Å². The molecule has 0 heterocycles. The van der Waals surface area contributed by atoms with Gasteiger partial charge in [0.25, 0.3) is 0 Å². The molecule has 1 N–H and O–H groups in total. The Labute approximate surface area is 265 Å². The van der Waals surface area contributed by atoms with Crippen molar-refractivity contribution < 1.29 is 120 Å². The molecule has 7 nitrogen and oxygen atoms in total. The van der Waals surface area contributed by atoms with Crippen molar-refractivity contribution in [2.75, 3.05) is 27.9 Å². The van der Waals surface area contributed by atoms with E-state index in [0.29, 0.717) is 0 Å². The molecule has 0 rings (SSSR count). The molecule has 0 aliphatic rings. The van der Waals surface area contributed by atoms with Gasteiger partial charge in [-0.05, 0) is 12.8 Å². The lowest BCUT2D eigenvalue weighted by molar-refractivity contribution is -0.476. The smallest absolute Gasteiger partial charge is 0.481 e. The molecule has 0 aliphatic carbocycles. The van der Waals surface area contributed by atoms with Crippen molar-refractivity contribution in [1.29, 1.82) is 0 Å². The molecule has 0 aromatic rings. The molecule has 29 heteroatoms. The van der Waals surface area contributed by atoms with E-state index in [9.17, 15) is 88.6 Å². The Morgan fingerprint density at radius 2 is 0.860 bits per heavy atom. The fraction of sp³-hybridized carbons (Fsp3) is 0.905. The largest absolute Gasteiger partial charge is 0.500 e. The highest BCUT2D eigenvalue weighted by Crippen LogP contribution is 2.66. The summed E-state index contributed by atoms with van der Waals surface area (Å²) in [5.74, 6) is -76.0. The molecule has 0 aromatic carbocycles. The number of rotatable bonds is 19. The topological polar surface area (TPSA) is 85.3 Å². The van der Waals surface area contributed by atoms with Crippen LogP contribution in [0.4, 0.5) is 92.2 Å². The van der Waals surface area contributed by atoms with E-state index in [0.717, 1.165) is 21.3 Å². The summed E-state index contributed by atoms with van der Waals surface area (Å²) in [7, 11) is -1.84. The number of hydrogen-bond acceptors (Lipinski definition) is 5. The Balaban J connectivity index is 7.66. The molecule has 1 amide bonds. The van der Waals surface area contributed by atoms with Gasteiger partial charge < -0.3 is 18.4 Å². The maximum Gasteiger partial charge on any atom is 0.500 e. The minimum Gasteiger partial charge on any atom is -0.481 e. The van der Waals surface area contributed by atoms with Gasteiger partial charge >= 0.3 is 74.4 Å². The summed E-state index contributed by atoms with van der Waals surface area (Å²) in [4.78, 5) is 21.0. The van der Waals surface area contributed by atoms with Crippen LogP contribution in [0.5, 0.6) is 0 Å². The van der Waals surface area contributed by atoms with Gasteiger partial charge in [0.2, 0.25) is 5.91 Å². The van der Waals surface area contributed by atoms with E-state index < -0.39 is 123 Å². The van der Waals surface area contributed by atoms with Gasteiger partial charge in [-0.25, -0.2) is 4.39 Å². The summed E-state index contributed by atoms with van der Waals surface area (Å²) >= 11 is 0. The van der Waals surface area contributed by atoms with Crippen LogP contribution in [0.15, 0.2) is 0 Å². The third kappa shape index (κ3) is 7.40. The van der Waals surface area contributed by atoms with Crippen molar-refractivity contribution in [3.8, 4) is 0 Å². The van der Waals surface area contributed by atoms with Gasteiger partial charge in [-0.1, -0.05) is 0 Å². The predicted molar refractivity (Wildman–Crippen MR) is 120 cm³/mol. The summed E-state index contributed by atoms with van der Waals surface area (Å²) < 4.78 is 306. The normalized spacial score (nSPS) is 16.3. The number of nitrogens with zero attached hydrogens (tertiary/aromatic N) is 1. The molecule has 298 valence electrons. The highest BCUT2D eigenvalue weighted by Gasteiger charge is 2.98. The van der Waals surface area contributed by atoms with Crippen molar-refractivity contribution in [3.63, 3.8) is 0 Å². The first-order chi connectivity index (χ1) is 21.9. The Hall–Kier alpha value is -2.43. The molecule has 0 aliphatic heterocycles. The second-order valence-electron chi connectivity index (χ2n) is 9.83. The summed E-state index contributed by atoms with van der Waals surface area (Å²) in [5.41, 5.74) is 0. The first-order valence-corrected chi connectivity index (χ1v) is 14.4. The third-order valence-electron chi connectivity index (χ3n) is 6.77. The van der Waals surface area contributed by atoms with Crippen LogP contribution in [-0.4, -0.2) is 118 Å². The molecule has 1 unspecified atom stereocenters. The van der Waals surface area contributed by atoms with Crippen LogP contribution in [0.3, 0.4) is 0 Å². The third-order valence-corrected chi connectivity index (χ3v) is 9.60. The van der Waals surface area contributed by atoms with Crippen molar-refractivity contribution in [3.05, 3.63) is 0 Å². The van der Waals surface area contributed by atoms with Gasteiger partial charge in [-0.2, -0.15) is 87.8 Å². The highest BCUT2D eigenvalue weighted by atomic mass is 28.4. The van der Waals surface area contributed by atoms with Gasteiger partial charge in [0.15, 0.2) is 0 Å². The zero-order valence-electron chi connectivity index (χ0n) is 24.6. The van der Waals surface area contributed by atoms with E-state index in [1.54, 1.807) is 0 Å². The molecular weight excluding hydrogens is 789 g/mol. The first-order valence-electron chi connectivity index (χ1n) is 12.5. The molecule has 0 bridgehead atoms. The highest BCUT2D eigenvalue weighted by molar-refractivity contribution is 6.60. The van der Waals surface area contributed by atoms with Crippen LogP contribution < -0.4 is 0 Å². The number of halogens is 21. The number of aliphatic carboxylic acids is 1. The molecule has 50 heavy (non-hydrogen) atoms. The van der Waals surface area contributed by atoms with Crippen LogP contribution in [0.2, 0.25) is 6.04 Å². The number of carbonyl (C=O) groups excluding carboxylic acids is 1. The number of carboxylic acids is 1. The fourth-order valence-corrected chi connectivity index (χ4v) is 5.56. The Kier molecular flexibility index (Phi) is 13.8. The van der Waals surface area contributed by atoms with Gasteiger partial charge in [-0.15, -0.1) is 0 Å². The van der Waals surface area contributed by atoms with Gasteiger partial charge in [0, 0.05) is 46.8 Å². The number of amides is 1. The van der Waals surface area contributed by atoms with Crippen molar-refractivity contribution in [1.82, 2.24) is 4.90 Å². The van der Waals surface area contributed by atoms with Crippen LogP contribution in [0.1, 0.15) is 25.7 Å². The molecule has 0 aromatic heterocycles. The summed E-state index contributed by atoms with van der Waals surface area (Å²) in [6.45, 7) is -2.35. The zero-order chi connectivity index (χ0) is 40.6. The summed E-state index contributed by atoms with van der Waals surface area (Å²) in [6.07, 6.45) is -21.9. The van der Waals surface area contributed by atoms with Crippen LogP contribution in [0, 0.1) is 0 Å². The van der Waals surface area contributed by atoms with E-state index >= 15 is 13.2 Å². The molecule has 0 radical (unpaired) electrons. The Bertz CT molecular complexity index is 1180. The lowest BCUT2D eigenvalue weighted by Crippen LogP contribution is -2.79. The molecule has 1 atom stereocenters. The number of hydrogen-bond donors (Lipinski definition) is 1. The zero-order valence-corrected chi connectivity index (χ0v) is 25.6. The van der Waals surface area contributed by atoms with Crippen LogP contribution in [-0.2, 0) is 22.9 Å². The Morgan fingerprint density at radius 1 is 0.520 bits per heavy atom. The standard InChI is InChI=1S/C21H22F21NO6Si/c1-47-50(48-2,49-3)9-5-8-43(10(44)6-4-7-11(45)46)19(36,21(40,41)42)17(32,33)15(28,29)13(24,25)12(22,23)14(26,27)16(30,31)18(34,35)20(37,38)39/h4-9H2,1-3H3,(H,45,46). The lowest BCUT2D eigenvalue weighted by atomic mass is 9.85. The van der Waals surface area contributed by atoms with Crippen molar-refractivity contribution >= 4 is 20.7 Å². The SMILES string of the molecule is CO[Si](CCCN(C(=O)CCCC(=O)O)C(F)(C(F)(F)F)C(F)(F)C(F)(F)C(F)(F)C(F)(F)C(F)(F)C(F)(F)C(F)(F)C(F)(F)F)(OC)OC.